The molecule has 0 saturated carbocycles. The number of carbonyl (C=O) groups excluding carboxylic acids is 2. The highest BCUT2D eigenvalue weighted by atomic mass is 16.6. The van der Waals surface area contributed by atoms with E-state index in [0.717, 1.165) is 12.2 Å². The quantitative estimate of drug-likeness (QED) is 0.248. The Morgan fingerprint density at radius 1 is 0.765 bits per heavy atom. The molecule has 172 valence electrons. The lowest BCUT2D eigenvalue weighted by molar-refractivity contribution is -0.444. The predicted molar refractivity (Wildman–Crippen MR) is 116 cm³/mol. The van der Waals surface area contributed by atoms with Crippen LogP contribution in [0.5, 0.6) is 0 Å². The smallest absolute Gasteiger partial charge is 0.336 e. The lowest BCUT2D eigenvalue weighted by Gasteiger charge is -2.24. The minimum Gasteiger partial charge on any atom is -0.419 e. The van der Waals surface area contributed by atoms with E-state index in [2.05, 4.69) is 0 Å². The zero-order valence-electron chi connectivity index (χ0n) is 17.4. The molecule has 0 unspecified atom stereocenters. The number of nitrogens with zero attached hydrogens (tertiary/aromatic N) is 4. The second kappa shape index (κ2) is 9.24. The number of esters is 2. The van der Waals surface area contributed by atoms with Gasteiger partial charge in [0.1, 0.15) is 13.1 Å². The van der Waals surface area contributed by atoms with E-state index in [1.807, 2.05) is 0 Å². The fourth-order valence-corrected chi connectivity index (χ4v) is 3.48. The van der Waals surface area contributed by atoms with Crippen molar-refractivity contribution in [3.05, 3.63) is 128 Å². The van der Waals surface area contributed by atoms with E-state index in [4.69, 9.17) is 9.47 Å². The van der Waals surface area contributed by atoms with Crippen molar-refractivity contribution in [2.45, 2.75) is 0 Å². The summed E-state index contributed by atoms with van der Waals surface area (Å²) in [5, 5.41) is 22.4. The molecule has 12 heteroatoms. The summed E-state index contributed by atoms with van der Waals surface area (Å²) in [4.78, 5) is 48.6. The highest BCUT2D eigenvalue weighted by Gasteiger charge is 2.32. The van der Waals surface area contributed by atoms with Gasteiger partial charge in [0.2, 0.25) is 0 Å². The van der Waals surface area contributed by atoms with Gasteiger partial charge in [-0.05, 0) is 58.5 Å². The van der Waals surface area contributed by atoms with E-state index in [-0.39, 0.29) is 36.2 Å². The molecule has 0 aromatic rings. The molecule has 4 rings (SSSR count). The molecule has 0 aromatic heterocycles. The number of allylic oxidation sites excluding steroid dienone is 8. The van der Waals surface area contributed by atoms with E-state index < -0.39 is 21.8 Å². The molecule has 12 nitrogen and oxygen atoms in total. The Morgan fingerprint density at radius 3 is 1.56 bits per heavy atom. The number of rotatable bonds is 6. The molecule has 0 aromatic carbocycles. The summed E-state index contributed by atoms with van der Waals surface area (Å²) >= 11 is 0. The summed E-state index contributed by atoms with van der Waals surface area (Å²) in [5.41, 5.74) is 0.665. The van der Waals surface area contributed by atoms with Crippen LogP contribution in [0.3, 0.4) is 0 Å². The number of hydrogen-bond acceptors (Lipinski definition) is 10. The van der Waals surface area contributed by atoms with E-state index in [1.54, 1.807) is 24.3 Å². The van der Waals surface area contributed by atoms with Crippen molar-refractivity contribution in [3.8, 4) is 0 Å². The minimum atomic E-state index is -0.897. The van der Waals surface area contributed by atoms with Gasteiger partial charge in [0, 0.05) is 24.3 Å². The second-order valence-corrected chi connectivity index (χ2v) is 6.98. The standard InChI is InChI=1S/C22H16N4O8/c27-21(33-17-7-3-13-23-15(17)5-1-9-19(23)25(29)30)11-12-22(28)34-18-8-4-14-24-16(18)6-2-10-20(24)26(31)32/h1-12H,13-14H2/b12-11-. The molecule has 0 bridgehead atoms. The highest BCUT2D eigenvalue weighted by molar-refractivity contribution is 5.92. The molecule has 4 aliphatic heterocycles. The first-order valence-corrected chi connectivity index (χ1v) is 9.89. The third kappa shape index (κ3) is 4.46. The first kappa shape index (κ1) is 22.2. The molecule has 4 heterocycles. The molecular formula is C22H16N4O8. The maximum Gasteiger partial charge on any atom is 0.336 e. The SMILES string of the molecule is O=C(/C=C\C(=O)OC1=C2C=CC=C([N+](=O)[O-])N2CC=C1)OC1=C2C=CC=C([N+](=O)[O-])N2CC=C1. The van der Waals surface area contributed by atoms with Crippen LogP contribution in [0, 0.1) is 20.2 Å². The Hall–Kier alpha value is -5.00. The largest absolute Gasteiger partial charge is 0.419 e. The summed E-state index contributed by atoms with van der Waals surface area (Å²) in [5.74, 6) is -1.95. The summed E-state index contributed by atoms with van der Waals surface area (Å²) in [6, 6.07) is 0. The monoisotopic (exact) mass is 464 g/mol. The first-order chi connectivity index (χ1) is 16.3. The van der Waals surface area contributed by atoms with Gasteiger partial charge in [-0.1, -0.05) is 0 Å². The van der Waals surface area contributed by atoms with Gasteiger partial charge in [-0.2, -0.15) is 0 Å². The average Bonchev–Trinajstić information content (AvgIpc) is 2.82. The van der Waals surface area contributed by atoms with Crippen LogP contribution >= 0.6 is 0 Å². The van der Waals surface area contributed by atoms with Crippen LogP contribution < -0.4 is 0 Å². The summed E-state index contributed by atoms with van der Waals surface area (Å²) in [7, 11) is 0. The molecule has 0 saturated heterocycles. The molecule has 0 fully saturated rings. The van der Waals surface area contributed by atoms with Gasteiger partial charge in [-0.15, -0.1) is 0 Å². The lowest BCUT2D eigenvalue weighted by Crippen LogP contribution is -2.31. The third-order valence-electron chi connectivity index (χ3n) is 4.90. The number of ether oxygens (including phenoxy) is 2. The number of nitro groups is 2. The van der Waals surface area contributed by atoms with Gasteiger partial charge in [0.05, 0.1) is 0 Å². The van der Waals surface area contributed by atoms with Crippen molar-refractivity contribution in [1.82, 2.24) is 9.80 Å². The molecule has 4 aliphatic rings. The van der Waals surface area contributed by atoms with E-state index in [0.29, 0.717) is 11.4 Å². The first-order valence-electron chi connectivity index (χ1n) is 9.89. The van der Waals surface area contributed by atoms with Gasteiger partial charge in [0.25, 0.3) is 0 Å². The average molecular weight is 464 g/mol. The fourth-order valence-electron chi connectivity index (χ4n) is 3.48. The number of hydrogen-bond donors (Lipinski definition) is 0. The Morgan fingerprint density at radius 2 is 1.18 bits per heavy atom. The van der Waals surface area contributed by atoms with Gasteiger partial charge >= 0.3 is 23.6 Å². The molecule has 0 atom stereocenters. The van der Waals surface area contributed by atoms with Crippen LogP contribution in [0.1, 0.15) is 0 Å². The summed E-state index contributed by atoms with van der Waals surface area (Å²) in [6.45, 7) is 0.471. The van der Waals surface area contributed by atoms with Gasteiger partial charge in [-0.25, -0.2) is 19.4 Å². The Kier molecular flexibility index (Phi) is 6.03. The molecule has 0 radical (unpaired) electrons. The fraction of sp³-hybridized carbons (Fsp3) is 0.0909. The highest BCUT2D eigenvalue weighted by Crippen LogP contribution is 2.28. The molecule has 34 heavy (non-hydrogen) atoms. The molecule has 0 spiro atoms. The molecule has 0 N–H and O–H groups in total. The van der Waals surface area contributed by atoms with Crippen LogP contribution in [0.4, 0.5) is 0 Å². The topological polar surface area (TPSA) is 145 Å². The van der Waals surface area contributed by atoms with Crippen LogP contribution in [-0.4, -0.2) is 44.7 Å². The summed E-state index contributed by atoms with van der Waals surface area (Å²) in [6.07, 6.45) is 16.7. The van der Waals surface area contributed by atoms with Crippen LogP contribution in [0.2, 0.25) is 0 Å². The normalized spacial score (nSPS) is 18.5. The van der Waals surface area contributed by atoms with Crippen molar-refractivity contribution >= 4 is 11.9 Å². The van der Waals surface area contributed by atoms with Gasteiger partial charge in [0.15, 0.2) is 22.9 Å². The van der Waals surface area contributed by atoms with Crippen molar-refractivity contribution in [2.24, 2.45) is 0 Å². The van der Waals surface area contributed by atoms with Gasteiger partial charge < -0.3 is 29.7 Å². The van der Waals surface area contributed by atoms with Crippen molar-refractivity contribution in [2.75, 3.05) is 13.1 Å². The number of carbonyl (C=O) groups is 2. The predicted octanol–water partition coefficient (Wildman–Crippen LogP) is 2.17. The minimum absolute atomic E-state index is 0.0835. The lowest BCUT2D eigenvalue weighted by atomic mass is 10.1. The van der Waals surface area contributed by atoms with Crippen molar-refractivity contribution in [1.29, 1.82) is 0 Å². The Labute approximate surface area is 192 Å². The zero-order chi connectivity index (χ0) is 24.2. The van der Waals surface area contributed by atoms with Crippen molar-refractivity contribution in [3.63, 3.8) is 0 Å². The second-order valence-electron chi connectivity index (χ2n) is 6.98. The van der Waals surface area contributed by atoms with Crippen molar-refractivity contribution < 1.29 is 28.9 Å². The van der Waals surface area contributed by atoms with Crippen LogP contribution in [0.15, 0.2) is 107 Å². The van der Waals surface area contributed by atoms with E-state index in [1.165, 1.54) is 46.3 Å². The third-order valence-corrected chi connectivity index (χ3v) is 4.90. The Balaban J connectivity index is 1.43. The van der Waals surface area contributed by atoms with Crippen LogP contribution in [-0.2, 0) is 19.1 Å². The van der Waals surface area contributed by atoms with Gasteiger partial charge in [-0.3, -0.25) is 0 Å². The summed E-state index contributed by atoms with van der Waals surface area (Å²) < 4.78 is 10.5. The van der Waals surface area contributed by atoms with Crippen LogP contribution in [0.25, 0.3) is 0 Å². The molecule has 0 aliphatic carbocycles. The molecule has 0 amide bonds. The molecular weight excluding hydrogens is 448 g/mol. The number of fused-ring (bicyclic) bond motifs is 2. The van der Waals surface area contributed by atoms with E-state index in [9.17, 15) is 29.8 Å². The maximum absolute atomic E-state index is 12.2. The Bertz CT molecular complexity index is 1160. The zero-order valence-corrected chi connectivity index (χ0v) is 17.4. The maximum atomic E-state index is 12.2. The van der Waals surface area contributed by atoms with E-state index >= 15 is 0 Å².